The second-order valence-electron chi connectivity index (χ2n) is 9.77. The molecule has 0 bridgehead atoms. The molecule has 2 nitrogen and oxygen atoms in total. The molecule has 0 aromatic heterocycles. The number of halogens is 2. The fourth-order valence-corrected chi connectivity index (χ4v) is 6.38. The van der Waals surface area contributed by atoms with Crippen molar-refractivity contribution >= 4 is 11.8 Å². The summed E-state index contributed by atoms with van der Waals surface area (Å²) in [5.41, 5.74) is 5.24. The molecule has 0 spiro atoms. The summed E-state index contributed by atoms with van der Waals surface area (Å²) in [6, 6.07) is 19.5. The van der Waals surface area contributed by atoms with Crippen molar-refractivity contribution in [3.63, 3.8) is 0 Å². The van der Waals surface area contributed by atoms with E-state index in [1.807, 2.05) is 18.2 Å². The van der Waals surface area contributed by atoms with Crippen LogP contribution in [0, 0.1) is 11.6 Å². The van der Waals surface area contributed by atoms with E-state index < -0.39 is 0 Å². The summed E-state index contributed by atoms with van der Waals surface area (Å²) in [6.45, 7) is 9.85. The minimum atomic E-state index is -0.172. The van der Waals surface area contributed by atoms with Crippen LogP contribution in [0.25, 0.3) is 0 Å². The maximum absolute atomic E-state index is 14.0. The molecule has 2 N–H and O–H groups in total. The lowest BCUT2D eigenvalue weighted by Gasteiger charge is -2.35. The summed E-state index contributed by atoms with van der Waals surface area (Å²) in [7, 11) is 0. The van der Waals surface area contributed by atoms with E-state index in [1.165, 1.54) is 27.1 Å². The Hall–Kier alpha value is -2.21. The van der Waals surface area contributed by atoms with Gasteiger partial charge in [0.2, 0.25) is 0 Å². The smallest absolute Gasteiger partial charge is 0.128 e. The number of quaternary nitrogens is 2. The maximum Gasteiger partial charge on any atom is 0.128 e. The maximum atomic E-state index is 14.0. The number of piperazine rings is 1. The monoisotopic (exact) mass is 466 g/mol. The van der Waals surface area contributed by atoms with Gasteiger partial charge in [-0.05, 0) is 53.4 Å². The van der Waals surface area contributed by atoms with Crippen LogP contribution in [-0.4, -0.2) is 26.2 Å². The molecule has 1 saturated heterocycles. The van der Waals surface area contributed by atoms with Crippen LogP contribution in [-0.2, 0) is 13.0 Å². The largest absolute Gasteiger partial charge is 0.322 e. The molecule has 5 rings (SSSR count). The molecule has 2 heterocycles. The van der Waals surface area contributed by atoms with E-state index >= 15 is 0 Å². The van der Waals surface area contributed by atoms with Gasteiger partial charge in [0, 0.05) is 27.3 Å². The molecular weight excluding hydrogens is 434 g/mol. The summed E-state index contributed by atoms with van der Waals surface area (Å²) in [4.78, 5) is 5.50. The molecule has 33 heavy (non-hydrogen) atoms. The fourth-order valence-electron chi connectivity index (χ4n) is 5.24. The lowest BCUT2D eigenvalue weighted by Crippen LogP contribution is -3.27. The second-order valence-corrected chi connectivity index (χ2v) is 10.9. The molecule has 0 saturated carbocycles. The SMILES string of the molecule is CC(C)c1ccc2c(c1)[C@@H]([NH+]1CC[NH+](Cc3ccc(F)cc3)CC1)Cc1ccc(F)cc1S2. The predicted molar refractivity (Wildman–Crippen MR) is 129 cm³/mol. The highest BCUT2D eigenvalue weighted by Crippen LogP contribution is 2.41. The second kappa shape index (κ2) is 9.57. The van der Waals surface area contributed by atoms with Gasteiger partial charge in [-0.1, -0.05) is 49.9 Å². The average molecular weight is 467 g/mol. The van der Waals surface area contributed by atoms with Crippen molar-refractivity contribution in [1.82, 2.24) is 0 Å². The van der Waals surface area contributed by atoms with Crippen LogP contribution in [0.5, 0.6) is 0 Å². The quantitative estimate of drug-likeness (QED) is 0.594. The molecule has 3 aromatic rings. The Morgan fingerprint density at radius 1 is 0.848 bits per heavy atom. The Morgan fingerprint density at radius 2 is 1.58 bits per heavy atom. The molecular formula is C28H32F2N2S+2. The molecule has 1 atom stereocenters. The van der Waals surface area contributed by atoms with Crippen LogP contribution in [0.4, 0.5) is 8.78 Å². The minimum Gasteiger partial charge on any atom is -0.322 e. The van der Waals surface area contributed by atoms with Gasteiger partial charge in [-0.15, -0.1) is 0 Å². The minimum absolute atomic E-state index is 0.162. The molecule has 0 aliphatic carbocycles. The third-order valence-corrected chi connectivity index (χ3v) is 8.40. The number of rotatable bonds is 4. The van der Waals surface area contributed by atoms with Crippen molar-refractivity contribution in [2.75, 3.05) is 26.2 Å². The number of nitrogens with one attached hydrogen (secondary N) is 2. The van der Waals surface area contributed by atoms with Crippen LogP contribution in [0.1, 0.15) is 48.1 Å². The number of fused-ring (bicyclic) bond motifs is 2. The Labute approximate surface area is 199 Å². The molecule has 2 aliphatic rings. The molecule has 0 radical (unpaired) electrons. The molecule has 172 valence electrons. The number of hydrogen-bond donors (Lipinski definition) is 2. The van der Waals surface area contributed by atoms with Crippen LogP contribution >= 0.6 is 11.8 Å². The Morgan fingerprint density at radius 3 is 2.30 bits per heavy atom. The van der Waals surface area contributed by atoms with Gasteiger partial charge >= 0.3 is 0 Å². The summed E-state index contributed by atoms with van der Waals surface area (Å²) in [6.07, 6.45) is 0.944. The summed E-state index contributed by atoms with van der Waals surface area (Å²) in [5.74, 6) is 0.148. The van der Waals surface area contributed by atoms with Crippen molar-refractivity contribution in [2.45, 2.75) is 48.6 Å². The zero-order chi connectivity index (χ0) is 22.9. The van der Waals surface area contributed by atoms with E-state index in [0.717, 1.165) is 44.0 Å². The highest BCUT2D eigenvalue weighted by molar-refractivity contribution is 7.99. The van der Waals surface area contributed by atoms with E-state index in [0.29, 0.717) is 12.0 Å². The first kappa shape index (κ1) is 22.6. The van der Waals surface area contributed by atoms with E-state index in [4.69, 9.17) is 0 Å². The van der Waals surface area contributed by atoms with Gasteiger partial charge in [-0.3, -0.25) is 0 Å². The van der Waals surface area contributed by atoms with Crippen LogP contribution < -0.4 is 9.80 Å². The number of benzene rings is 3. The predicted octanol–water partition coefficient (Wildman–Crippen LogP) is 3.82. The summed E-state index contributed by atoms with van der Waals surface area (Å²) >= 11 is 1.72. The zero-order valence-corrected chi connectivity index (χ0v) is 20.2. The molecule has 0 amide bonds. The highest BCUT2D eigenvalue weighted by atomic mass is 32.2. The first-order chi connectivity index (χ1) is 16.0. The van der Waals surface area contributed by atoms with Crippen molar-refractivity contribution in [3.05, 3.63) is 94.6 Å². The highest BCUT2D eigenvalue weighted by Gasteiger charge is 2.34. The van der Waals surface area contributed by atoms with Gasteiger partial charge in [0.1, 0.15) is 50.4 Å². The van der Waals surface area contributed by atoms with Gasteiger partial charge in [-0.2, -0.15) is 0 Å². The van der Waals surface area contributed by atoms with Gasteiger partial charge < -0.3 is 9.80 Å². The van der Waals surface area contributed by atoms with Crippen LogP contribution in [0.2, 0.25) is 0 Å². The summed E-state index contributed by atoms with van der Waals surface area (Å²) < 4.78 is 27.3. The third kappa shape index (κ3) is 5.01. The Balaban J connectivity index is 1.39. The van der Waals surface area contributed by atoms with Gasteiger partial charge in [-0.25, -0.2) is 8.78 Å². The topological polar surface area (TPSA) is 8.88 Å². The Bertz CT molecular complexity index is 1120. The first-order valence-electron chi connectivity index (χ1n) is 12.0. The van der Waals surface area contributed by atoms with Crippen LogP contribution in [0.15, 0.2) is 70.5 Å². The zero-order valence-electron chi connectivity index (χ0n) is 19.3. The summed E-state index contributed by atoms with van der Waals surface area (Å²) in [5, 5.41) is 0. The fraction of sp³-hybridized carbons (Fsp3) is 0.357. The van der Waals surface area contributed by atoms with Crippen molar-refractivity contribution in [3.8, 4) is 0 Å². The van der Waals surface area contributed by atoms with Crippen molar-refractivity contribution < 1.29 is 18.6 Å². The lowest BCUT2D eigenvalue weighted by atomic mass is 9.93. The third-order valence-electron chi connectivity index (χ3n) is 7.21. The standard InChI is InChI=1S/C28H30F2N2S/c1-19(2)21-6-10-27-25(15-21)26(16-22-5-9-24(30)17-28(22)33-27)32-13-11-31(12-14-32)18-20-3-7-23(29)8-4-20/h3-10,15,17,19,26H,11-14,16,18H2,1-2H3/p+2/t26-/m0/s1. The van der Waals surface area contributed by atoms with E-state index in [-0.39, 0.29) is 11.6 Å². The lowest BCUT2D eigenvalue weighted by molar-refractivity contribution is -1.03. The molecule has 0 unspecified atom stereocenters. The van der Waals surface area contributed by atoms with Gasteiger partial charge in [0.05, 0.1) is 0 Å². The molecule has 1 fully saturated rings. The van der Waals surface area contributed by atoms with Crippen molar-refractivity contribution in [2.24, 2.45) is 0 Å². The van der Waals surface area contributed by atoms with Crippen molar-refractivity contribution in [1.29, 1.82) is 0 Å². The molecule has 5 heteroatoms. The average Bonchev–Trinajstić information content (AvgIpc) is 2.97. The number of hydrogen-bond acceptors (Lipinski definition) is 1. The van der Waals surface area contributed by atoms with E-state index in [2.05, 4.69) is 32.0 Å². The Kier molecular flexibility index (Phi) is 6.55. The normalized spacial score (nSPS) is 22.5. The molecule has 2 aliphatic heterocycles. The van der Waals surface area contributed by atoms with E-state index in [1.54, 1.807) is 45.8 Å². The van der Waals surface area contributed by atoms with E-state index in [9.17, 15) is 8.78 Å². The first-order valence-corrected chi connectivity index (χ1v) is 12.8. The van der Waals surface area contributed by atoms with Gasteiger partial charge in [0.25, 0.3) is 0 Å². The van der Waals surface area contributed by atoms with Gasteiger partial charge in [0.15, 0.2) is 0 Å². The van der Waals surface area contributed by atoms with Crippen LogP contribution in [0.3, 0.4) is 0 Å². The molecule has 3 aromatic carbocycles.